The van der Waals surface area contributed by atoms with Crippen molar-refractivity contribution in [2.45, 2.75) is 31.3 Å². The molecule has 0 aliphatic heterocycles. The highest BCUT2D eigenvalue weighted by molar-refractivity contribution is 7.89. The summed E-state index contributed by atoms with van der Waals surface area (Å²) in [7, 11) is -2.05. The van der Waals surface area contributed by atoms with Crippen molar-refractivity contribution in [3.63, 3.8) is 0 Å². The zero-order chi connectivity index (χ0) is 21.7. The molecule has 0 spiro atoms. The first-order valence-corrected chi connectivity index (χ1v) is 10.8. The van der Waals surface area contributed by atoms with Crippen LogP contribution < -0.4 is 20.1 Å². The van der Waals surface area contributed by atoms with E-state index in [-0.39, 0.29) is 17.0 Å². The third-order valence-electron chi connectivity index (χ3n) is 4.12. The molecule has 0 saturated heterocycles. The monoisotopic (exact) mass is 432 g/mol. The zero-order valence-electron chi connectivity index (χ0n) is 16.9. The van der Waals surface area contributed by atoms with Gasteiger partial charge in [0.25, 0.3) is 0 Å². The van der Waals surface area contributed by atoms with Gasteiger partial charge >= 0.3 is 6.03 Å². The molecule has 0 bridgehead atoms. The van der Waals surface area contributed by atoms with Crippen LogP contribution in [0.5, 0.6) is 5.75 Å². The molecule has 0 atom stereocenters. The number of rotatable bonds is 8. The van der Waals surface area contributed by atoms with Crippen molar-refractivity contribution < 1.29 is 17.9 Å². The SMILES string of the molecule is COc1cccc(NC(=O)NCCn2nnc3cc(S(=O)(=O)NC(C)C)ccc32)c1. The molecular formula is C19H24N6O4S. The first kappa shape index (κ1) is 21.5. The number of methoxy groups -OCH3 is 1. The minimum Gasteiger partial charge on any atom is -0.497 e. The Hall–Kier alpha value is -3.18. The fourth-order valence-corrected chi connectivity index (χ4v) is 4.08. The molecule has 1 heterocycles. The number of aromatic nitrogens is 3. The van der Waals surface area contributed by atoms with Crippen LogP contribution in [-0.2, 0) is 16.6 Å². The molecule has 3 rings (SSSR count). The standard InChI is InChI=1S/C19H24N6O4S/c1-13(2)23-30(27,28)16-7-8-18-17(12-16)22-24-25(18)10-9-20-19(26)21-14-5-4-6-15(11-14)29-3/h4-8,11-13,23H,9-10H2,1-3H3,(H2,20,21,26). The number of hydrogen-bond donors (Lipinski definition) is 3. The van der Waals surface area contributed by atoms with Crippen LogP contribution in [-0.4, -0.2) is 49.1 Å². The number of urea groups is 1. The van der Waals surface area contributed by atoms with Gasteiger partial charge in [-0.1, -0.05) is 11.3 Å². The van der Waals surface area contributed by atoms with Crippen LogP contribution >= 0.6 is 0 Å². The smallest absolute Gasteiger partial charge is 0.319 e. The molecule has 160 valence electrons. The van der Waals surface area contributed by atoms with E-state index in [9.17, 15) is 13.2 Å². The maximum absolute atomic E-state index is 12.3. The fraction of sp³-hybridized carbons (Fsp3) is 0.316. The molecule has 0 saturated carbocycles. The molecule has 0 radical (unpaired) electrons. The second kappa shape index (κ2) is 9.09. The maximum Gasteiger partial charge on any atom is 0.319 e. The highest BCUT2D eigenvalue weighted by atomic mass is 32.2. The van der Waals surface area contributed by atoms with E-state index in [0.29, 0.717) is 35.6 Å². The molecule has 3 aromatic rings. The fourth-order valence-electron chi connectivity index (χ4n) is 2.81. The number of anilines is 1. The second-order valence-corrected chi connectivity index (χ2v) is 8.57. The zero-order valence-corrected chi connectivity index (χ0v) is 17.7. The molecule has 2 aromatic carbocycles. The van der Waals surface area contributed by atoms with E-state index in [2.05, 4.69) is 25.7 Å². The van der Waals surface area contributed by atoms with Crippen LogP contribution in [0.1, 0.15) is 13.8 Å². The average molecular weight is 433 g/mol. The van der Waals surface area contributed by atoms with Gasteiger partial charge in [-0.2, -0.15) is 0 Å². The molecule has 3 N–H and O–H groups in total. The first-order chi connectivity index (χ1) is 14.3. The van der Waals surface area contributed by atoms with Gasteiger partial charge < -0.3 is 15.4 Å². The third-order valence-corrected chi connectivity index (χ3v) is 5.78. The molecule has 0 unspecified atom stereocenters. The van der Waals surface area contributed by atoms with Gasteiger partial charge in [0.1, 0.15) is 11.3 Å². The topological polar surface area (TPSA) is 127 Å². The Labute approximate surface area is 174 Å². The number of fused-ring (bicyclic) bond motifs is 1. The Morgan fingerprint density at radius 2 is 2.00 bits per heavy atom. The quantitative estimate of drug-likeness (QED) is 0.499. The van der Waals surface area contributed by atoms with Crippen molar-refractivity contribution in [2.75, 3.05) is 19.0 Å². The molecule has 11 heteroatoms. The summed E-state index contributed by atoms with van der Waals surface area (Å²) in [5.41, 5.74) is 1.75. The lowest BCUT2D eigenvalue weighted by Gasteiger charge is -2.10. The molecule has 10 nitrogen and oxygen atoms in total. The lowest BCUT2D eigenvalue weighted by molar-refractivity contribution is 0.251. The van der Waals surface area contributed by atoms with E-state index >= 15 is 0 Å². The van der Waals surface area contributed by atoms with Crippen molar-refractivity contribution in [1.29, 1.82) is 0 Å². The number of sulfonamides is 1. The number of amides is 2. The number of carbonyl (C=O) groups is 1. The van der Waals surface area contributed by atoms with Gasteiger partial charge in [0, 0.05) is 24.3 Å². The lowest BCUT2D eigenvalue weighted by atomic mass is 10.3. The highest BCUT2D eigenvalue weighted by Gasteiger charge is 2.17. The number of nitrogens with one attached hydrogen (secondary N) is 3. The average Bonchev–Trinajstić information content (AvgIpc) is 3.09. The molecule has 0 aliphatic carbocycles. The van der Waals surface area contributed by atoms with Gasteiger partial charge in [-0.15, -0.1) is 5.10 Å². The first-order valence-electron chi connectivity index (χ1n) is 9.33. The van der Waals surface area contributed by atoms with Crippen LogP contribution in [0.3, 0.4) is 0 Å². The molecule has 2 amide bonds. The molecular weight excluding hydrogens is 408 g/mol. The summed E-state index contributed by atoms with van der Waals surface area (Å²) in [6, 6.07) is 11.1. The van der Waals surface area contributed by atoms with Crippen molar-refractivity contribution in [1.82, 2.24) is 25.0 Å². The Balaban J connectivity index is 1.60. The third kappa shape index (κ3) is 5.24. The van der Waals surface area contributed by atoms with Crippen molar-refractivity contribution in [3.05, 3.63) is 42.5 Å². The van der Waals surface area contributed by atoms with E-state index < -0.39 is 10.0 Å². The predicted molar refractivity (Wildman–Crippen MR) is 113 cm³/mol. The second-order valence-electron chi connectivity index (χ2n) is 6.85. The molecule has 0 fully saturated rings. The summed E-state index contributed by atoms with van der Waals surface area (Å²) >= 11 is 0. The highest BCUT2D eigenvalue weighted by Crippen LogP contribution is 2.18. The number of benzene rings is 2. The minimum atomic E-state index is -3.61. The summed E-state index contributed by atoms with van der Waals surface area (Å²) < 4.78 is 33.9. The van der Waals surface area contributed by atoms with E-state index in [1.165, 1.54) is 12.1 Å². The van der Waals surface area contributed by atoms with Crippen LogP contribution in [0.4, 0.5) is 10.5 Å². The van der Waals surface area contributed by atoms with Gasteiger partial charge in [-0.05, 0) is 44.2 Å². The summed E-state index contributed by atoms with van der Waals surface area (Å²) in [5, 5.41) is 13.5. The van der Waals surface area contributed by atoms with E-state index in [4.69, 9.17) is 4.74 Å². The summed E-state index contributed by atoms with van der Waals surface area (Å²) in [6.07, 6.45) is 0. The van der Waals surface area contributed by atoms with Gasteiger partial charge in [0.2, 0.25) is 10.0 Å². The Morgan fingerprint density at radius 3 is 2.73 bits per heavy atom. The molecule has 1 aromatic heterocycles. The Kier molecular flexibility index (Phi) is 6.53. The lowest BCUT2D eigenvalue weighted by Crippen LogP contribution is -2.31. The molecule has 30 heavy (non-hydrogen) atoms. The normalized spacial score (nSPS) is 11.6. The number of carbonyl (C=O) groups excluding carboxylic acids is 1. The van der Waals surface area contributed by atoms with Crippen molar-refractivity contribution in [2.24, 2.45) is 0 Å². The Bertz CT molecular complexity index is 1140. The molecule has 0 aliphatic rings. The summed E-state index contributed by atoms with van der Waals surface area (Å²) in [6.45, 7) is 4.19. The van der Waals surface area contributed by atoms with Gasteiger partial charge in [-0.3, -0.25) is 0 Å². The van der Waals surface area contributed by atoms with Crippen LogP contribution in [0, 0.1) is 0 Å². The van der Waals surface area contributed by atoms with E-state index in [1.807, 2.05) is 0 Å². The maximum atomic E-state index is 12.3. The largest absolute Gasteiger partial charge is 0.497 e. The van der Waals surface area contributed by atoms with E-state index in [0.717, 1.165) is 0 Å². The number of hydrogen-bond acceptors (Lipinski definition) is 6. The predicted octanol–water partition coefficient (Wildman–Crippen LogP) is 1.95. The van der Waals surface area contributed by atoms with Crippen molar-refractivity contribution >= 4 is 32.8 Å². The summed E-state index contributed by atoms with van der Waals surface area (Å²) in [4.78, 5) is 12.2. The van der Waals surface area contributed by atoms with Crippen LogP contribution in [0.2, 0.25) is 0 Å². The van der Waals surface area contributed by atoms with Crippen LogP contribution in [0.15, 0.2) is 47.4 Å². The van der Waals surface area contributed by atoms with Crippen molar-refractivity contribution in [3.8, 4) is 5.75 Å². The summed E-state index contributed by atoms with van der Waals surface area (Å²) in [5.74, 6) is 0.645. The number of ether oxygens (including phenoxy) is 1. The van der Waals surface area contributed by atoms with Gasteiger partial charge in [0.15, 0.2) is 0 Å². The Morgan fingerprint density at radius 1 is 1.20 bits per heavy atom. The van der Waals surface area contributed by atoms with Gasteiger partial charge in [-0.25, -0.2) is 22.6 Å². The minimum absolute atomic E-state index is 0.131. The van der Waals surface area contributed by atoms with Crippen LogP contribution in [0.25, 0.3) is 11.0 Å². The number of nitrogens with zero attached hydrogens (tertiary/aromatic N) is 3. The van der Waals surface area contributed by atoms with Gasteiger partial charge in [0.05, 0.1) is 24.1 Å². The van der Waals surface area contributed by atoms with E-state index in [1.54, 1.807) is 56.0 Å².